The molecule has 0 radical (unpaired) electrons. The molecule has 0 aliphatic heterocycles. The summed E-state index contributed by atoms with van der Waals surface area (Å²) in [7, 11) is 1.69. The van der Waals surface area contributed by atoms with E-state index in [9.17, 15) is 0 Å². The third kappa shape index (κ3) is 4.65. The van der Waals surface area contributed by atoms with E-state index in [1.165, 1.54) is 12.0 Å². The van der Waals surface area contributed by atoms with Crippen molar-refractivity contribution in [3.63, 3.8) is 0 Å². The Labute approximate surface area is 111 Å². The third-order valence-electron chi connectivity index (χ3n) is 3.04. The molecule has 0 aromatic carbocycles. The van der Waals surface area contributed by atoms with E-state index >= 15 is 0 Å². The Morgan fingerprint density at radius 1 is 1.33 bits per heavy atom. The molecule has 1 heterocycles. The number of hydrogen-bond donors (Lipinski definition) is 1. The van der Waals surface area contributed by atoms with E-state index in [0.717, 1.165) is 31.2 Å². The maximum Gasteiger partial charge on any atom is 0.217 e. The lowest BCUT2D eigenvalue weighted by molar-refractivity contribution is 0.372. The summed E-state index contributed by atoms with van der Waals surface area (Å²) >= 11 is 0. The molecule has 1 atom stereocenters. The maximum absolute atomic E-state index is 5.36. The van der Waals surface area contributed by atoms with Crippen molar-refractivity contribution in [2.24, 2.45) is 5.92 Å². The topological polar surface area (TPSA) is 34.2 Å². The highest BCUT2D eigenvalue weighted by molar-refractivity contribution is 5.28. The average molecular weight is 250 g/mol. The van der Waals surface area contributed by atoms with Crippen LogP contribution in [0.5, 0.6) is 5.88 Å². The largest absolute Gasteiger partial charge is 0.481 e. The molecule has 0 spiro atoms. The summed E-state index contributed by atoms with van der Waals surface area (Å²) in [5, 5.41) is 3.60. The lowest BCUT2D eigenvalue weighted by Crippen LogP contribution is -2.23. The molecular formula is C15H26N2O. The first-order valence-electron chi connectivity index (χ1n) is 6.91. The summed E-state index contributed by atoms with van der Waals surface area (Å²) < 4.78 is 5.36. The van der Waals surface area contributed by atoms with Gasteiger partial charge in [-0.3, -0.25) is 0 Å². The highest BCUT2D eigenvalue weighted by Crippen LogP contribution is 2.27. The molecule has 0 amide bonds. The molecule has 1 N–H and O–H groups in total. The molecule has 18 heavy (non-hydrogen) atoms. The summed E-state index contributed by atoms with van der Waals surface area (Å²) in [6.07, 6.45) is 5.25. The second kappa shape index (κ2) is 8.09. The fourth-order valence-corrected chi connectivity index (χ4v) is 2.03. The van der Waals surface area contributed by atoms with Gasteiger partial charge < -0.3 is 10.1 Å². The number of hydrogen-bond acceptors (Lipinski definition) is 3. The Balaban J connectivity index is 2.79. The van der Waals surface area contributed by atoms with E-state index in [4.69, 9.17) is 4.74 Å². The zero-order valence-electron chi connectivity index (χ0n) is 12.1. The van der Waals surface area contributed by atoms with Crippen LogP contribution in [0.4, 0.5) is 0 Å². The Kier molecular flexibility index (Phi) is 6.73. The van der Waals surface area contributed by atoms with Crippen molar-refractivity contribution in [3.05, 3.63) is 23.9 Å². The molecule has 0 aliphatic carbocycles. The monoisotopic (exact) mass is 250 g/mol. The van der Waals surface area contributed by atoms with Crippen LogP contribution in [0.25, 0.3) is 0 Å². The van der Waals surface area contributed by atoms with Crippen molar-refractivity contribution in [1.29, 1.82) is 0 Å². The maximum atomic E-state index is 5.36. The van der Waals surface area contributed by atoms with Crippen LogP contribution in [-0.2, 0) is 0 Å². The van der Waals surface area contributed by atoms with E-state index in [1.807, 2.05) is 6.07 Å². The van der Waals surface area contributed by atoms with Gasteiger partial charge in [0.15, 0.2) is 0 Å². The van der Waals surface area contributed by atoms with Gasteiger partial charge in [0.1, 0.15) is 0 Å². The fourth-order valence-electron chi connectivity index (χ4n) is 2.03. The Morgan fingerprint density at radius 2 is 2.11 bits per heavy atom. The van der Waals surface area contributed by atoms with Crippen molar-refractivity contribution < 1.29 is 4.74 Å². The Hall–Kier alpha value is -1.09. The molecule has 0 fully saturated rings. The van der Waals surface area contributed by atoms with Gasteiger partial charge in [-0.25, -0.2) is 4.98 Å². The average Bonchev–Trinajstić information content (AvgIpc) is 2.38. The van der Waals surface area contributed by atoms with Crippen LogP contribution in [0.1, 0.15) is 51.6 Å². The minimum atomic E-state index is 0.344. The van der Waals surface area contributed by atoms with E-state index in [0.29, 0.717) is 6.04 Å². The predicted octanol–water partition coefficient (Wildman–Crippen LogP) is 3.57. The van der Waals surface area contributed by atoms with Crippen LogP contribution < -0.4 is 10.1 Å². The fraction of sp³-hybridized carbons (Fsp3) is 0.667. The minimum absolute atomic E-state index is 0.344. The standard InChI is InChI=1S/C15H26N2O/c1-5-10-16-14(9-8-12(2)3)13-7-6-11-17-15(13)18-4/h6-7,11-12,14,16H,5,8-10H2,1-4H3. The van der Waals surface area contributed by atoms with Crippen LogP contribution >= 0.6 is 0 Å². The smallest absolute Gasteiger partial charge is 0.217 e. The molecule has 1 aromatic heterocycles. The molecular weight excluding hydrogens is 224 g/mol. The quantitative estimate of drug-likeness (QED) is 0.766. The van der Waals surface area contributed by atoms with E-state index in [-0.39, 0.29) is 0 Å². The number of pyridine rings is 1. The zero-order valence-corrected chi connectivity index (χ0v) is 12.1. The normalized spacial score (nSPS) is 12.7. The van der Waals surface area contributed by atoms with E-state index in [2.05, 4.69) is 37.1 Å². The van der Waals surface area contributed by atoms with Gasteiger partial charge in [0.2, 0.25) is 5.88 Å². The highest BCUT2D eigenvalue weighted by Gasteiger charge is 2.16. The van der Waals surface area contributed by atoms with Crippen LogP contribution in [0.2, 0.25) is 0 Å². The Bertz CT molecular complexity index is 339. The highest BCUT2D eigenvalue weighted by atomic mass is 16.5. The third-order valence-corrected chi connectivity index (χ3v) is 3.04. The second-order valence-corrected chi connectivity index (χ2v) is 5.08. The molecule has 1 aromatic rings. The van der Waals surface area contributed by atoms with Crippen molar-refractivity contribution >= 4 is 0 Å². The van der Waals surface area contributed by atoms with Gasteiger partial charge in [-0.15, -0.1) is 0 Å². The van der Waals surface area contributed by atoms with E-state index in [1.54, 1.807) is 13.3 Å². The summed E-state index contributed by atoms with van der Waals surface area (Å²) in [6, 6.07) is 4.43. The number of ether oxygens (including phenoxy) is 1. The number of nitrogens with zero attached hydrogens (tertiary/aromatic N) is 1. The summed E-state index contributed by atoms with van der Waals surface area (Å²) in [6.45, 7) is 7.74. The van der Waals surface area contributed by atoms with Crippen molar-refractivity contribution in [1.82, 2.24) is 10.3 Å². The molecule has 1 unspecified atom stereocenters. The van der Waals surface area contributed by atoms with Crippen LogP contribution in [0.15, 0.2) is 18.3 Å². The number of methoxy groups -OCH3 is 1. The number of nitrogens with one attached hydrogen (secondary N) is 1. The molecule has 102 valence electrons. The molecule has 0 saturated heterocycles. The second-order valence-electron chi connectivity index (χ2n) is 5.08. The first-order valence-corrected chi connectivity index (χ1v) is 6.91. The van der Waals surface area contributed by atoms with Gasteiger partial charge in [0.25, 0.3) is 0 Å². The predicted molar refractivity (Wildman–Crippen MR) is 75.9 cm³/mol. The van der Waals surface area contributed by atoms with Crippen LogP contribution in [0.3, 0.4) is 0 Å². The van der Waals surface area contributed by atoms with Crippen molar-refractivity contribution in [3.8, 4) is 5.88 Å². The number of rotatable bonds is 8. The van der Waals surface area contributed by atoms with Gasteiger partial charge in [-0.1, -0.05) is 26.8 Å². The summed E-state index contributed by atoms with van der Waals surface area (Å²) in [4.78, 5) is 4.29. The lowest BCUT2D eigenvalue weighted by Gasteiger charge is -2.21. The zero-order chi connectivity index (χ0) is 13.4. The van der Waals surface area contributed by atoms with Gasteiger partial charge >= 0.3 is 0 Å². The molecule has 0 bridgehead atoms. The molecule has 1 rings (SSSR count). The molecule has 3 heteroatoms. The lowest BCUT2D eigenvalue weighted by atomic mass is 9.98. The summed E-state index contributed by atoms with van der Waals surface area (Å²) in [5.74, 6) is 1.47. The first kappa shape index (κ1) is 15.0. The Morgan fingerprint density at radius 3 is 2.72 bits per heavy atom. The van der Waals surface area contributed by atoms with Gasteiger partial charge in [0.05, 0.1) is 7.11 Å². The number of aromatic nitrogens is 1. The van der Waals surface area contributed by atoms with Gasteiger partial charge in [-0.05, 0) is 37.8 Å². The van der Waals surface area contributed by atoms with Gasteiger partial charge in [-0.2, -0.15) is 0 Å². The summed E-state index contributed by atoms with van der Waals surface area (Å²) in [5.41, 5.74) is 1.18. The van der Waals surface area contributed by atoms with Crippen molar-refractivity contribution in [2.75, 3.05) is 13.7 Å². The SMILES string of the molecule is CCCNC(CCC(C)C)c1cccnc1OC. The van der Waals surface area contributed by atoms with Gasteiger partial charge in [0, 0.05) is 17.8 Å². The van der Waals surface area contributed by atoms with Crippen LogP contribution in [-0.4, -0.2) is 18.6 Å². The molecule has 0 aliphatic rings. The first-order chi connectivity index (χ1) is 8.69. The van der Waals surface area contributed by atoms with E-state index < -0.39 is 0 Å². The van der Waals surface area contributed by atoms with Crippen LogP contribution in [0, 0.1) is 5.92 Å². The minimum Gasteiger partial charge on any atom is -0.481 e. The molecule has 0 saturated carbocycles. The van der Waals surface area contributed by atoms with Crippen molar-refractivity contribution in [2.45, 2.75) is 46.1 Å². The molecule has 3 nitrogen and oxygen atoms in total.